The predicted molar refractivity (Wildman–Crippen MR) is 71.1 cm³/mol. The van der Waals surface area contributed by atoms with Crippen molar-refractivity contribution in [3.05, 3.63) is 22.8 Å². The molecule has 0 aromatic carbocycles. The Kier molecular flexibility index (Phi) is 5.41. The van der Waals surface area contributed by atoms with Crippen LogP contribution in [0, 0.1) is 0 Å². The highest BCUT2D eigenvalue weighted by molar-refractivity contribution is 9.10. The molecule has 5 heteroatoms. The largest absolute Gasteiger partial charge is 0.465 e. The Morgan fingerprint density at radius 2 is 2.24 bits per heavy atom. The maximum absolute atomic E-state index is 11.5. The SMILES string of the molecule is CCOC(=O)CN(c1ccc(Br)cn1)C(C)C. The van der Waals surface area contributed by atoms with Crippen LogP contribution in [-0.2, 0) is 9.53 Å². The molecule has 0 spiro atoms. The minimum Gasteiger partial charge on any atom is -0.465 e. The van der Waals surface area contributed by atoms with Crippen molar-refractivity contribution in [2.45, 2.75) is 26.8 Å². The second kappa shape index (κ2) is 6.59. The second-order valence-corrected chi connectivity index (χ2v) is 4.78. The van der Waals surface area contributed by atoms with Gasteiger partial charge < -0.3 is 9.64 Å². The van der Waals surface area contributed by atoms with Gasteiger partial charge in [0.05, 0.1) is 6.61 Å². The highest BCUT2D eigenvalue weighted by Crippen LogP contribution is 2.16. The number of anilines is 1. The van der Waals surface area contributed by atoms with E-state index in [0.29, 0.717) is 6.61 Å². The second-order valence-electron chi connectivity index (χ2n) is 3.86. The van der Waals surface area contributed by atoms with E-state index in [0.717, 1.165) is 10.3 Å². The predicted octanol–water partition coefficient (Wildman–Crippen LogP) is 2.62. The van der Waals surface area contributed by atoms with Gasteiger partial charge in [-0.15, -0.1) is 0 Å². The summed E-state index contributed by atoms with van der Waals surface area (Å²) in [4.78, 5) is 17.7. The molecule has 0 atom stereocenters. The average molecular weight is 301 g/mol. The summed E-state index contributed by atoms with van der Waals surface area (Å²) in [7, 11) is 0. The van der Waals surface area contributed by atoms with E-state index in [1.165, 1.54) is 0 Å². The Hall–Kier alpha value is -1.10. The lowest BCUT2D eigenvalue weighted by atomic mass is 10.3. The van der Waals surface area contributed by atoms with E-state index >= 15 is 0 Å². The van der Waals surface area contributed by atoms with Gasteiger partial charge in [0.15, 0.2) is 0 Å². The van der Waals surface area contributed by atoms with Crippen molar-refractivity contribution in [2.24, 2.45) is 0 Å². The van der Waals surface area contributed by atoms with Crippen molar-refractivity contribution in [3.8, 4) is 0 Å². The number of halogens is 1. The third kappa shape index (κ3) is 4.34. The fourth-order valence-corrected chi connectivity index (χ4v) is 1.65. The summed E-state index contributed by atoms with van der Waals surface area (Å²) in [5, 5.41) is 0. The van der Waals surface area contributed by atoms with Crippen LogP contribution in [0.25, 0.3) is 0 Å². The van der Waals surface area contributed by atoms with Crippen LogP contribution in [0.1, 0.15) is 20.8 Å². The molecule has 1 rings (SSSR count). The van der Waals surface area contributed by atoms with Gasteiger partial charge in [-0.05, 0) is 48.8 Å². The van der Waals surface area contributed by atoms with E-state index in [4.69, 9.17) is 4.74 Å². The number of hydrogen-bond donors (Lipinski definition) is 0. The summed E-state index contributed by atoms with van der Waals surface area (Å²) in [6.07, 6.45) is 1.72. The van der Waals surface area contributed by atoms with E-state index < -0.39 is 0 Å². The lowest BCUT2D eigenvalue weighted by Gasteiger charge is -2.26. The topological polar surface area (TPSA) is 42.4 Å². The number of carbonyl (C=O) groups is 1. The third-order valence-electron chi connectivity index (χ3n) is 2.23. The minimum atomic E-state index is -0.231. The van der Waals surface area contributed by atoms with E-state index in [2.05, 4.69) is 20.9 Å². The summed E-state index contributed by atoms with van der Waals surface area (Å²) in [6.45, 7) is 6.46. The Morgan fingerprint density at radius 3 is 2.71 bits per heavy atom. The molecule has 0 aliphatic heterocycles. The average Bonchev–Trinajstić information content (AvgIpc) is 2.27. The molecule has 17 heavy (non-hydrogen) atoms. The first-order chi connectivity index (χ1) is 8.04. The molecule has 0 fully saturated rings. The third-order valence-corrected chi connectivity index (χ3v) is 2.70. The van der Waals surface area contributed by atoms with E-state index in [1.54, 1.807) is 13.1 Å². The highest BCUT2D eigenvalue weighted by atomic mass is 79.9. The number of hydrogen-bond acceptors (Lipinski definition) is 4. The quantitative estimate of drug-likeness (QED) is 0.784. The number of nitrogens with zero attached hydrogens (tertiary/aromatic N) is 2. The summed E-state index contributed by atoms with van der Waals surface area (Å²) in [5.74, 6) is 0.544. The molecule has 0 aliphatic rings. The molecule has 0 saturated carbocycles. The molecule has 0 aliphatic carbocycles. The maximum atomic E-state index is 11.5. The van der Waals surface area contributed by atoms with Crippen LogP contribution in [0.15, 0.2) is 22.8 Å². The normalized spacial score (nSPS) is 10.4. The fourth-order valence-electron chi connectivity index (χ4n) is 1.41. The monoisotopic (exact) mass is 300 g/mol. The molecule has 1 aromatic rings. The zero-order chi connectivity index (χ0) is 12.8. The molecule has 0 N–H and O–H groups in total. The van der Waals surface area contributed by atoms with Crippen LogP contribution in [0.5, 0.6) is 0 Å². The Labute approximate surface area is 110 Å². The number of aromatic nitrogens is 1. The Morgan fingerprint density at radius 1 is 1.53 bits per heavy atom. The van der Waals surface area contributed by atoms with Crippen LogP contribution >= 0.6 is 15.9 Å². The van der Waals surface area contributed by atoms with E-state index in [-0.39, 0.29) is 18.6 Å². The summed E-state index contributed by atoms with van der Waals surface area (Å²) < 4.78 is 5.87. The van der Waals surface area contributed by atoms with Crippen LogP contribution in [-0.4, -0.2) is 30.1 Å². The first-order valence-corrected chi connectivity index (χ1v) is 6.37. The molecule has 0 unspecified atom stereocenters. The molecule has 1 heterocycles. The number of esters is 1. The van der Waals surface area contributed by atoms with Gasteiger partial charge in [-0.3, -0.25) is 4.79 Å². The van der Waals surface area contributed by atoms with Gasteiger partial charge in [0.2, 0.25) is 0 Å². The summed E-state index contributed by atoms with van der Waals surface area (Å²) in [6, 6.07) is 3.97. The van der Waals surface area contributed by atoms with E-state index in [1.807, 2.05) is 30.9 Å². The molecular formula is C12H17BrN2O2. The number of ether oxygens (including phenoxy) is 1. The Balaban J connectivity index is 2.79. The molecule has 0 amide bonds. The van der Waals surface area contributed by atoms with Gasteiger partial charge in [0.1, 0.15) is 12.4 Å². The molecule has 0 saturated heterocycles. The van der Waals surface area contributed by atoms with Crippen molar-refractivity contribution in [2.75, 3.05) is 18.1 Å². The number of carbonyl (C=O) groups excluding carboxylic acids is 1. The smallest absolute Gasteiger partial charge is 0.325 e. The molecule has 0 bridgehead atoms. The fraction of sp³-hybridized carbons (Fsp3) is 0.500. The van der Waals surface area contributed by atoms with Crippen LogP contribution in [0.4, 0.5) is 5.82 Å². The zero-order valence-corrected chi connectivity index (χ0v) is 11.9. The van der Waals surface area contributed by atoms with Crippen molar-refractivity contribution in [1.82, 2.24) is 4.98 Å². The number of rotatable bonds is 5. The van der Waals surface area contributed by atoms with Gasteiger partial charge in [-0.2, -0.15) is 0 Å². The number of pyridine rings is 1. The standard InChI is InChI=1S/C12H17BrN2O2/c1-4-17-12(16)8-15(9(2)3)11-6-5-10(13)7-14-11/h5-7,9H,4,8H2,1-3H3. The Bertz CT molecular complexity index is 365. The van der Waals surface area contributed by atoms with Gasteiger partial charge >= 0.3 is 5.97 Å². The van der Waals surface area contributed by atoms with Crippen molar-refractivity contribution >= 4 is 27.7 Å². The molecule has 1 aromatic heterocycles. The first kappa shape index (κ1) is 14.0. The lowest BCUT2D eigenvalue weighted by molar-refractivity contribution is -0.141. The lowest BCUT2D eigenvalue weighted by Crippen LogP contribution is -2.37. The molecule has 4 nitrogen and oxygen atoms in total. The van der Waals surface area contributed by atoms with Crippen LogP contribution < -0.4 is 4.90 Å². The van der Waals surface area contributed by atoms with Gasteiger partial charge in [-0.1, -0.05) is 0 Å². The summed E-state index contributed by atoms with van der Waals surface area (Å²) in [5.41, 5.74) is 0. The van der Waals surface area contributed by atoms with Gasteiger partial charge in [0, 0.05) is 16.7 Å². The van der Waals surface area contributed by atoms with Crippen molar-refractivity contribution in [1.29, 1.82) is 0 Å². The minimum absolute atomic E-state index is 0.188. The van der Waals surface area contributed by atoms with E-state index in [9.17, 15) is 4.79 Å². The van der Waals surface area contributed by atoms with Gasteiger partial charge in [0.25, 0.3) is 0 Å². The highest BCUT2D eigenvalue weighted by Gasteiger charge is 2.16. The summed E-state index contributed by atoms with van der Waals surface area (Å²) >= 11 is 3.33. The van der Waals surface area contributed by atoms with Crippen molar-refractivity contribution < 1.29 is 9.53 Å². The zero-order valence-electron chi connectivity index (χ0n) is 10.3. The maximum Gasteiger partial charge on any atom is 0.325 e. The first-order valence-electron chi connectivity index (χ1n) is 5.58. The van der Waals surface area contributed by atoms with Crippen LogP contribution in [0.2, 0.25) is 0 Å². The molecular weight excluding hydrogens is 284 g/mol. The molecule has 94 valence electrons. The molecule has 0 radical (unpaired) electrons. The van der Waals surface area contributed by atoms with Crippen LogP contribution in [0.3, 0.4) is 0 Å². The van der Waals surface area contributed by atoms with Gasteiger partial charge in [-0.25, -0.2) is 4.98 Å². The van der Waals surface area contributed by atoms with Crippen molar-refractivity contribution in [3.63, 3.8) is 0 Å².